The number of rotatable bonds is 1. The van der Waals surface area contributed by atoms with Crippen LogP contribution in [0.25, 0.3) is 0 Å². The molecule has 1 saturated carbocycles. The van der Waals surface area contributed by atoms with Crippen molar-refractivity contribution >= 4 is 5.97 Å². The predicted octanol–water partition coefficient (Wildman–Crippen LogP) is 2.41. The Morgan fingerprint density at radius 2 is 1.93 bits per heavy atom. The van der Waals surface area contributed by atoms with Crippen molar-refractivity contribution in [1.29, 1.82) is 0 Å². The summed E-state index contributed by atoms with van der Waals surface area (Å²) in [7, 11) is 0. The number of cyclic esters (lactones) is 1. The van der Waals surface area contributed by atoms with Crippen molar-refractivity contribution in [3.8, 4) is 0 Å². The Labute approximate surface area is 90.4 Å². The second-order valence-corrected chi connectivity index (χ2v) is 4.45. The second kappa shape index (κ2) is 4.35. The summed E-state index contributed by atoms with van der Waals surface area (Å²) in [5, 5.41) is 0. The Morgan fingerprint density at radius 1 is 1.27 bits per heavy atom. The number of esters is 1. The first-order valence-corrected chi connectivity index (χ1v) is 5.73. The van der Waals surface area contributed by atoms with E-state index in [0.29, 0.717) is 11.5 Å². The third kappa shape index (κ3) is 2.23. The van der Waals surface area contributed by atoms with Crippen molar-refractivity contribution in [2.75, 3.05) is 0 Å². The Hall–Kier alpha value is -0.830. The molecule has 0 radical (unpaired) electrons. The predicted molar refractivity (Wildman–Crippen MR) is 56.1 cm³/mol. The molecule has 2 atom stereocenters. The van der Waals surface area contributed by atoms with Crippen molar-refractivity contribution in [2.45, 2.75) is 51.4 Å². The van der Waals surface area contributed by atoms with Gasteiger partial charge in [-0.1, -0.05) is 25.8 Å². The van der Waals surface area contributed by atoms with E-state index in [2.05, 4.69) is 6.58 Å². The van der Waals surface area contributed by atoms with Crippen LogP contribution in [0.3, 0.4) is 0 Å². The molecule has 2 rings (SSSR count). The van der Waals surface area contributed by atoms with Crippen molar-refractivity contribution < 1.29 is 14.3 Å². The fourth-order valence-corrected chi connectivity index (χ4v) is 2.49. The lowest BCUT2D eigenvalue weighted by Crippen LogP contribution is -2.40. The summed E-state index contributed by atoms with van der Waals surface area (Å²) >= 11 is 0. The number of carbonyl (C=O) groups excluding carboxylic acids is 1. The molecule has 2 aliphatic rings. The molecule has 0 bridgehead atoms. The summed E-state index contributed by atoms with van der Waals surface area (Å²) in [6.45, 7) is 5.55. The molecule has 1 aliphatic heterocycles. The van der Waals surface area contributed by atoms with Gasteiger partial charge in [0.05, 0.1) is 11.7 Å². The zero-order valence-electron chi connectivity index (χ0n) is 9.20. The van der Waals surface area contributed by atoms with Gasteiger partial charge in [0.1, 0.15) is 0 Å². The molecule has 0 spiro atoms. The molecule has 1 saturated heterocycles. The summed E-state index contributed by atoms with van der Waals surface area (Å²) in [5.74, 6) is 0.172. The van der Waals surface area contributed by atoms with Crippen LogP contribution in [0.4, 0.5) is 0 Å². The van der Waals surface area contributed by atoms with E-state index in [1.807, 2.05) is 0 Å². The van der Waals surface area contributed by atoms with E-state index in [4.69, 9.17) is 9.47 Å². The molecular formula is C12H18O3. The highest BCUT2D eigenvalue weighted by molar-refractivity contribution is 5.89. The molecule has 0 unspecified atom stereocenters. The summed E-state index contributed by atoms with van der Waals surface area (Å²) in [5.41, 5.74) is 0.500. The summed E-state index contributed by atoms with van der Waals surface area (Å²) in [6.07, 6.45) is 5.53. The van der Waals surface area contributed by atoms with E-state index in [-0.39, 0.29) is 12.1 Å². The second-order valence-electron chi connectivity index (χ2n) is 4.45. The first-order chi connectivity index (χ1) is 7.18. The Kier molecular flexibility index (Phi) is 3.10. The minimum absolute atomic E-state index is 0.110. The van der Waals surface area contributed by atoms with Crippen molar-refractivity contribution in [1.82, 2.24) is 0 Å². The Bertz CT molecular complexity index is 266. The number of ether oxygens (including phenoxy) is 2. The van der Waals surface area contributed by atoms with Crippen molar-refractivity contribution in [3.63, 3.8) is 0 Å². The van der Waals surface area contributed by atoms with Gasteiger partial charge in [-0.3, -0.25) is 0 Å². The maximum Gasteiger partial charge on any atom is 0.338 e. The van der Waals surface area contributed by atoms with Crippen molar-refractivity contribution in [3.05, 3.63) is 12.2 Å². The molecule has 0 aromatic rings. The monoisotopic (exact) mass is 210 g/mol. The lowest BCUT2D eigenvalue weighted by Gasteiger charge is -2.35. The highest BCUT2D eigenvalue weighted by Gasteiger charge is 2.36. The fraction of sp³-hybridized carbons (Fsp3) is 0.750. The fourth-order valence-electron chi connectivity index (χ4n) is 2.49. The van der Waals surface area contributed by atoms with Crippen molar-refractivity contribution in [2.24, 2.45) is 5.92 Å². The number of hydrogen-bond donors (Lipinski definition) is 0. The van der Waals surface area contributed by atoms with Gasteiger partial charge in [-0.15, -0.1) is 0 Å². The van der Waals surface area contributed by atoms with E-state index < -0.39 is 6.29 Å². The van der Waals surface area contributed by atoms with Crippen LogP contribution in [0, 0.1) is 5.92 Å². The van der Waals surface area contributed by atoms with E-state index in [1.165, 1.54) is 19.3 Å². The molecule has 0 N–H and O–H groups in total. The van der Waals surface area contributed by atoms with Crippen LogP contribution >= 0.6 is 0 Å². The zero-order chi connectivity index (χ0) is 10.8. The minimum atomic E-state index is -0.421. The molecule has 2 fully saturated rings. The van der Waals surface area contributed by atoms with Crippen LogP contribution in [0.2, 0.25) is 0 Å². The van der Waals surface area contributed by atoms with Gasteiger partial charge in [0, 0.05) is 0 Å². The van der Waals surface area contributed by atoms with Gasteiger partial charge in [-0.25, -0.2) is 4.79 Å². The quantitative estimate of drug-likeness (QED) is 0.492. The van der Waals surface area contributed by atoms with Gasteiger partial charge >= 0.3 is 5.97 Å². The molecule has 0 aromatic heterocycles. The van der Waals surface area contributed by atoms with E-state index in [0.717, 1.165) is 12.8 Å². The van der Waals surface area contributed by atoms with Crippen LogP contribution in [0.15, 0.2) is 12.2 Å². The Balaban J connectivity index is 2.05. The SMILES string of the molecule is C=C1C(=O)O[C@H](C)O[C@@H]1C1CCCCC1. The summed E-state index contributed by atoms with van der Waals surface area (Å²) < 4.78 is 10.6. The first kappa shape index (κ1) is 10.7. The highest BCUT2D eigenvalue weighted by Crippen LogP contribution is 2.33. The molecule has 3 heteroatoms. The topological polar surface area (TPSA) is 35.5 Å². The van der Waals surface area contributed by atoms with Gasteiger partial charge in [-0.05, 0) is 25.7 Å². The van der Waals surface area contributed by atoms with Gasteiger partial charge in [-0.2, -0.15) is 0 Å². The van der Waals surface area contributed by atoms with Gasteiger partial charge in [0.15, 0.2) is 0 Å². The lowest BCUT2D eigenvalue weighted by molar-refractivity contribution is -0.201. The smallest absolute Gasteiger partial charge is 0.338 e. The van der Waals surface area contributed by atoms with E-state index >= 15 is 0 Å². The molecule has 15 heavy (non-hydrogen) atoms. The standard InChI is InChI=1S/C12H18O3/c1-8-11(10-6-4-3-5-7-10)14-9(2)15-12(8)13/h9-11H,1,3-7H2,2H3/t9-,11+/m1/s1. The largest absolute Gasteiger partial charge is 0.433 e. The average molecular weight is 210 g/mol. The molecule has 0 amide bonds. The average Bonchev–Trinajstić information content (AvgIpc) is 2.24. The summed E-state index contributed by atoms with van der Waals surface area (Å²) in [6, 6.07) is 0. The maximum atomic E-state index is 11.5. The lowest BCUT2D eigenvalue weighted by atomic mass is 9.82. The molecule has 84 valence electrons. The van der Waals surface area contributed by atoms with Gasteiger partial charge < -0.3 is 9.47 Å². The van der Waals surface area contributed by atoms with Gasteiger partial charge in [0.25, 0.3) is 0 Å². The molecule has 0 aromatic carbocycles. The molecular weight excluding hydrogens is 192 g/mol. The van der Waals surface area contributed by atoms with Crippen LogP contribution in [0.5, 0.6) is 0 Å². The zero-order valence-corrected chi connectivity index (χ0v) is 9.20. The summed E-state index contributed by atoms with van der Waals surface area (Å²) in [4.78, 5) is 11.5. The number of hydrogen-bond acceptors (Lipinski definition) is 3. The number of carbonyl (C=O) groups is 1. The van der Waals surface area contributed by atoms with Crippen LogP contribution in [0.1, 0.15) is 39.0 Å². The third-order valence-corrected chi connectivity index (χ3v) is 3.29. The minimum Gasteiger partial charge on any atom is -0.433 e. The van der Waals surface area contributed by atoms with Crippen LogP contribution in [-0.4, -0.2) is 18.4 Å². The van der Waals surface area contributed by atoms with E-state index in [9.17, 15) is 4.79 Å². The molecule has 1 aliphatic carbocycles. The molecule has 1 heterocycles. The normalized spacial score (nSPS) is 33.9. The first-order valence-electron chi connectivity index (χ1n) is 5.73. The van der Waals surface area contributed by atoms with E-state index in [1.54, 1.807) is 6.92 Å². The third-order valence-electron chi connectivity index (χ3n) is 3.29. The van der Waals surface area contributed by atoms with Crippen LogP contribution < -0.4 is 0 Å². The Morgan fingerprint density at radius 3 is 2.60 bits per heavy atom. The molecule has 3 nitrogen and oxygen atoms in total. The maximum absolute atomic E-state index is 11.5. The van der Waals surface area contributed by atoms with Gasteiger partial charge in [0.2, 0.25) is 6.29 Å². The van der Waals surface area contributed by atoms with Crippen LogP contribution in [-0.2, 0) is 14.3 Å². The highest BCUT2D eigenvalue weighted by atomic mass is 16.7.